The predicted molar refractivity (Wildman–Crippen MR) is 72.6 cm³/mol. The zero-order chi connectivity index (χ0) is 11.5. The van der Waals surface area contributed by atoms with Gasteiger partial charge in [-0.15, -0.1) is 0 Å². The molecule has 0 aliphatic carbocycles. The molecule has 4 heteroatoms. The fraction of sp³-hybridized carbons (Fsp3) is 0.250. The summed E-state index contributed by atoms with van der Waals surface area (Å²) in [6.07, 6.45) is 2.81. The average Bonchev–Trinajstić information content (AvgIpc) is 2.70. The molecule has 0 unspecified atom stereocenters. The van der Waals surface area contributed by atoms with Crippen molar-refractivity contribution in [2.75, 3.05) is 4.43 Å². The third-order valence-electron chi connectivity index (χ3n) is 2.61. The van der Waals surface area contributed by atoms with Gasteiger partial charge in [0.05, 0.1) is 5.52 Å². The summed E-state index contributed by atoms with van der Waals surface area (Å²) < 4.78 is 2.39. The lowest BCUT2D eigenvalue weighted by Gasteiger charge is -2.03. The Kier molecular flexibility index (Phi) is 3.48. The van der Waals surface area contributed by atoms with E-state index in [1.807, 2.05) is 18.2 Å². The van der Waals surface area contributed by atoms with Gasteiger partial charge < -0.3 is 5.11 Å². The molecule has 0 spiro atoms. The lowest BCUT2D eigenvalue weighted by molar-refractivity contribution is 0.197. The van der Waals surface area contributed by atoms with E-state index in [4.69, 9.17) is 5.11 Å². The van der Waals surface area contributed by atoms with Gasteiger partial charge in [-0.1, -0.05) is 34.7 Å². The quantitative estimate of drug-likeness (QED) is 0.691. The Balaban J connectivity index is 2.49. The molecule has 0 atom stereocenters. The van der Waals surface area contributed by atoms with Crippen LogP contribution in [0.1, 0.15) is 12.0 Å². The third-order valence-corrected chi connectivity index (χ3v) is 3.37. The Bertz CT molecular complexity index is 519. The lowest BCUT2D eigenvalue weighted by atomic mass is 10.1. The first-order valence-electron chi connectivity index (χ1n) is 5.12. The largest absolute Gasteiger partial charge is 0.464 e. The van der Waals surface area contributed by atoms with Crippen molar-refractivity contribution in [3.05, 3.63) is 36.0 Å². The molecule has 0 saturated heterocycles. The van der Waals surface area contributed by atoms with Crippen molar-refractivity contribution in [2.24, 2.45) is 0 Å². The van der Waals surface area contributed by atoms with Crippen LogP contribution in [-0.4, -0.2) is 20.2 Å². The predicted octanol–water partition coefficient (Wildman–Crippen LogP) is 3.54. The summed E-state index contributed by atoms with van der Waals surface area (Å²) in [5.74, 6) is 0. The molecule has 1 N–H and O–H groups in total. The zero-order valence-electron chi connectivity index (χ0n) is 8.69. The number of alkyl halides is 1. The molecule has 0 amide bonds. The van der Waals surface area contributed by atoms with Gasteiger partial charge >= 0.3 is 6.09 Å². The minimum Gasteiger partial charge on any atom is -0.464 e. The van der Waals surface area contributed by atoms with E-state index >= 15 is 0 Å². The SMILES string of the molecule is O=C(O)n1ccc2c(CCCI)cccc21. The summed E-state index contributed by atoms with van der Waals surface area (Å²) in [5.41, 5.74) is 2.01. The number of rotatable bonds is 3. The highest BCUT2D eigenvalue weighted by atomic mass is 127. The van der Waals surface area contributed by atoms with Crippen molar-refractivity contribution in [2.45, 2.75) is 12.8 Å². The molecule has 0 aliphatic heterocycles. The van der Waals surface area contributed by atoms with Crippen LogP contribution >= 0.6 is 22.6 Å². The minimum absolute atomic E-state index is 0.776. The first kappa shape index (κ1) is 11.4. The molecule has 1 heterocycles. The van der Waals surface area contributed by atoms with Crippen LogP contribution in [0.5, 0.6) is 0 Å². The molecular formula is C12H12INO2. The number of carbonyl (C=O) groups is 1. The fourth-order valence-corrected chi connectivity index (χ4v) is 2.25. The van der Waals surface area contributed by atoms with E-state index in [1.54, 1.807) is 6.20 Å². The summed E-state index contributed by atoms with van der Waals surface area (Å²) >= 11 is 2.35. The summed E-state index contributed by atoms with van der Waals surface area (Å²) in [4.78, 5) is 11.0. The Morgan fingerprint density at radius 1 is 1.38 bits per heavy atom. The van der Waals surface area contributed by atoms with Crippen LogP contribution in [0, 0.1) is 0 Å². The highest BCUT2D eigenvalue weighted by molar-refractivity contribution is 14.1. The van der Waals surface area contributed by atoms with E-state index in [2.05, 4.69) is 28.7 Å². The maximum atomic E-state index is 11.0. The topological polar surface area (TPSA) is 42.2 Å². The second kappa shape index (κ2) is 4.86. The van der Waals surface area contributed by atoms with E-state index < -0.39 is 6.09 Å². The van der Waals surface area contributed by atoms with Crippen LogP contribution in [0.25, 0.3) is 10.9 Å². The highest BCUT2D eigenvalue weighted by Gasteiger charge is 2.08. The maximum absolute atomic E-state index is 11.0. The standard InChI is InChI=1S/C12H12INO2/c13-7-2-4-9-3-1-5-11-10(9)6-8-14(11)12(15)16/h1,3,5-6,8H,2,4,7H2,(H,15,16). The van der Waals surface area contributed by atoms with Gasteiger partial charge in [-0.3, -0.25) is 4.57 Å². The number of hydrogen-bond donors (Lipinski definition) is 1. The lowest BCUT2D eigenvalue weighted by Crippen LogP contribution is -2.05. The van der Waals surface area contributed by atoms with E-state index in [0.29, 0.717) is 0 Å². The monoisotopic (exact) mass is 329 g/mol. The fourth-order valence-electron chi connectivity index (χ4n) is 1.87. The van der Waals surface area contributed by atoms with E-state index in [9.17, 15) is 4.79 Å². The third kappa shape index (κ3) is 2.07. The summed E-state index contributed by atoms with van der Waals surface area (Å²) in [7, 11) is 0. The van der Waals surface area contributed by atoms with Gasteiger partial charge in [0.25, 0.3) is 0 Å². The molecule has 1 aromatic carbocycles. The van der Waals surface area contributed by atoms with Crippen LogP contribution < -0.4 is 0 Å². The molecule has 1 aromatic heterocycles. The molecule has 2 aromatic rings. The van der Waals surface area contributed by atoms with E-state index in [-0.39, 0.29) is 0 Å². The Labute approximate surface area is 107 Å². The number of benzene rings is 1. The average molecular weight is 329 g/mol. The molecule has 0 aliphatic rings. The van der Waals surface area contributed by atoms with Crippen LogP contribution in [0.2, 0.25) is 0 Å². The second-order valence-corrected chi connectivity index (χ2v) is 4.69. The number of nitrogens with zero attached hydrogens (tertiary/aromatic N) is 1. The van der Waals surface area contributed by atoms with E-state index in [0.717, 1.165) is 28.2 Å². The molecule has 0 fully saturated rings. The van der Waals surface area contributed by atoms with E-state index in [1.165, 1.54) is 10.1 Å². The molecule has 84 valence electrons. The Morgan fingerprint density at radius 2 is 2.19 bits per heavy atom. The Hall–Kier alpha value is -1.04. The van der Waals surface area contributed by atoms with Crippen molar-refractivity contribution in [1.82, 2.24) is 4.57 Å². The number of hydrogen-bond acceptors (Lipinski definition) is 1. The number of carboxylic acid groups (broad SMARTS) is 1. The smallest absolute Gasteiger partial charge is 0.415 e. The molecule has 2 rings (SSSR count). The van der Waals surface area contributed by atoms with Crippen molar-refractivity contribution < 1.29 is 9.90 Å². The number of aromatic nitrogens is 1. The van der Waals surface area contributed by atoms with Crippen molar-refractivity contribution in [3.8, 4) is 0 Å². The molecule has 0 saturated carbocycles. The van der Waals surface area contributed by atoms with Gasteiger partial charge in [0, 0.05) is 11.6 Å². The van der Waals surface area contributed by atoms with Gasteiger partial charge in [0.15, 0.2) is 0 Å². The molecule has 16 heavy (non-hydrogen) atoms. The maximum Gasteiger partial charge on any atom is 0.415 e. The number of halogens is 1. The number of fused-ring (bicyclic) bond motifs is 1. The summed E-state index contributed by atoms with van der Waals surface area (Å²) in [6.45, 7) is 0. The summed E-state index contributed by atoms with van der Waals surface area (Å²) in [6, 6.07) is 7.72. The van der Waals surface area contributed by atoms with Crippen LogP contribution in [0.4, 0.5) is 4.79 Å². The van der Waals surface area contributed by atoms with Crippen LogP contribution in [-0.2, 0) is 6.42 Å². The van der Waals surface area contributed by atoms with Crippen molar-refractivity contribution in [3.63, 3.8) is 0 Å². The first-order chi connectivity index (χ1) is 7.74. The second-order valence-electron chi connectivity index (χ2n) is 3.61. The van der Waals surface area contributed by atoms with Crippen LogP contribution in [0.3, 0.4) is 0 Å². The molecular weight excluding hydrogens is 317 g/mol. The summed E-state index contributed by atoms with van der Waals surface area (Å²) in [5, 5.41) is 10.1. The van der Waals surface area contributed by atoms with Crippen molar-refractivity contribution >= 4 is 39.6 Å². The van der Waals surface area contributed by atoms with Gasteiger partial charge in [-0.2, -0.15) is 0 Å². The molecule has 0 bridgehead atoms. The first-order valence-corrected chi connectivity index (χ1v) is 6.65. The molecule has 0 radical (unpaired) electrons. The minimum atomic E-state index is -0.930. The Morgan fingerprint density at radius 3 is 2.88 bits per heavy atom. The normalized spacial score (nSPS) is 10.8. The number of aryl methyl sites for hydroxylation is 1. The zero-order valence-corrected chi connectivity index (χ0v) is 10.8. The van der Waals surface area contributed by atoms with Gasteiger partial charge in [-0.05, 0) is 35.0 Å². The van der Waals surface area contributed by atoms with Crippen molar-refractivity contribution in [1.29, 1.82) is 0 Å². The van der Waals surface area contributed by atoms with Gasteiger partial charge in [0.2, 0.25) is 0 Å². The van der Waals surface area contributed by atoms with Crippen LogP contribution in [0.15, 0.2) is 30.5 Å². The molecule has 3 nitrogen and oxygen atoms in total. The van der Waals surface area contributed by atoms with Gasteiger partial charge in [0.1, 0.15) is 0 Å². The van der Waals surface area contributed by atoms with Gasteiger partial charge in [-0.25, -0.2) is 4.79 Å². The highest BCUT2D eigenvalue weighted by Crippen LogP contribution is 2.21.